The van der Waals surface area contributed by atoms with E-state index in [1.165, 1.54) is 6.07 Å². The van der Waals surface area contributed by atoms with Crippen LogP contribution in [0.25, 0.3) is 22.8 Å². The zero-order chi connectivity index (χ0) is 19.7. The SMILES string of the molecule is CCn1c(-c2ccncc2)nnc1C(S)c1noc(-c2cc(Br)ccc2F)n1. The van der Waals surface area contributed by atoms with Gasteiger partial charge in [-0.3, -0.25) is 4.98 Å². The zero-order valence-electron chi connectivity index (χ0n) is 14.6. The molecule has 142 valence electrons. The fourth-order valence-electron chi connectivity index (χ4n) is 2.78. The summed E-state index contributed by atoms with van der Waals surface area (Å²) >= 11 is 7.92. The van der Waals surface area contributed by atoms with Crippen molar-refractivity contribution < 1.29 is 8.91 Å². The second-order valence-corrected chi connectivity index (χ2v) is 7.28. The molecule has 0 aliphatic carbocycles. The van der Waals surface area contributed by atoms with Gasteiger partial charge >= 0.3 is 0 Å². The molecule has 0 fully saturated rings. The Morgan fingerprint density at radius 2 is 2.00 bits per heavy atom. The maximum atomic E-state index is 14.1. The molecular formula is C18H14BrFN6OS. The molecule has 3 heterocycles. The summed E-state index contributed by atoms with van der Waals surface area (Å²) < 4.78 is 22.0. The molecule has 0 amide bonds. The van der Waals surface area contributed by atoms with Crippen molar-refractivity contribution >= 4 is 28.6 Å². The van der Waals surface area contributed by atoms with E-state index in [4.69, 9.17) is 4.52 Å². The Hall–Kier alpha value is -2.59. The van der Waals surface area contributed by atoms with E-state index in [0.717, 1.165) is 5.56 Å². The van der Waals surface area contributed by atoms with E-state index in [9.17, 15) is 4.39 Å². The number of thiol groups is 1. The lowest BCUT2D eigenvalue weighted by molar-refractivity contribution is 0.420. The maximum Gasteiger partial charge on any atom is 0.260 e. The highest BCUT2D eigenvalue weighted by atomic mass is 79.9. The molecule has 1 aromatic carbocycles. The summed E-state index contributed by atoms with van der Waals surface area (Å²) in [6.45, 7) is 2.61. The van der Waals surface area contributed by atoms with Gasteiger partial charge in [-0.05, 0) is 37.3 Å². The van der Waals surface area contributed by atoms with Gasteiger partial charge in [-0.1, -0.05) is 21.1 Å². The third kappa shape index (κ3) is 3.45. The van der Waals surface area contributed by atoms with Gasteiger partial charge in [-0.2, -0.15) is 17.6 Å². The highest BCUT2D eigenvalue weighted by molar-refractivity contribution is 9.10. The van der Waals surface area contributed by atoms with Crippen LogP contribution in [0.1, 0.15) is 23.8 Å². The molecule has 0 saturated heterocycles. The number of nitrogens with zero attached hydrogens (tertiary/aromatic N) is 6. The van der Waals surface area contributed by atoms with Crippen LogP contribution in [0.4, 0.5) is 4.39 Å². The Bertz CT molecular complexity index is 1120. The number of halogens is 2. The van der Waals surface area contributed by atoms with Crippen LogP contribution in [0.2, 0.25) is 0 Å². The average molecular weight is 461 g/mol. The van der Waals surface area contributed by atoms with Crippen molar-refractivity contribution in [2.45, 2.75) is 18.7 Å². The number of rotatable bonds is 5. The van der Waals surface area contributed by atoms with Crippen LogP contribution in [0.15, 0.2) is 51.7 Å². The first-order valence-corrected chi connectivity index (χ1v) is 9.70. The van der Waals surface area contributed by atoms with Gasteiger partial charge < -0.3 is 9.09 Å². The molecule has 1 atom stereocenters. The molecule has 28 heavy (non-hydrogen) atoms. The van der Waals surface area contributed by atoms with Gasteiger partial charge in [0.05, 0.1) is 5.56 Å². The fourth-order valence-corrected chi connectivity index (χ4v) is 3.43. The largest absolute Gasteiger partial charge is 0.334 e. The Morgan fingerprint density at radius 3 is 2.75 bits per heavy atom. The lowest BCUT2D eigenvalue weighted by Crippen LogP contribution is -2.08. The summed E-state index contributed by atoms with van der Waals surface area (Å²) in [4.78, 5) is 8.33. The predicted octanol–water partition coefficient (Wildman–Crippen LogP) is 4.33. The fraction of sp³-hybridized carbons (Fsp3) is 0.167. The van der Waals surface area contributed by atoms with Crippen molar-refractivity contribution in [3.8, 4) is 22.8 Å². The number of aromatic nitrogens is 6. The van der Waals surface area contributed by atoms with Crippen LogP contribution in [-0.2, 0) is 6.54 Å². The van der Waals surface area contributed by atoms with Gasteiger partial charge in [-0.15, -0.1) is 10.2 Å². The molecule has 3 aromatic heterocycles. The maximum absolute atomic E-state index is 14.1. The van der Waals surface area contributed by atoms with E-state index in [0.29, 0.717) is 22.7 Å². The van der Waals surface area contributed by atoms with Crippen molar-refractivity contribution in [1.29, 1.82) is 0 Å². The van der Waals surface area contributed by atoms with E-state index in [1.807, 2.05) is 23.6 Å². The van der Waals surface area contributed by atoms with Crippen molar-refractivity contribution in [3.05, 3.63) is 64.7 Å². The molecule has 0 radical (unpaired) electrons. The molecule has 0 aliphatic rings. The highest BCUT2D eigenvalue weighted by Crippen LogP contribution is 2.31. The Labute approximate surface area is 173 Å². The van der Waals surface area contributed by atoms with Crippen LogP contribution < -0.4 is 0 Å². The number of pyridine rings is 1. The summed E-state index contributed by atoms with van der Waals surface area (Å²) in [6, 6.07) is 8.22. The summed E-state index contributed by atoms with van der Waals surface area (Å²) in [7, 11) is 0. The Morgan fingerprint density at radius 1 is 1.21 bits per heavy atom. The second kappa shape index (κ2) is 7.80. The molecule has 7 nitrogen and oxygen atoms in total. The first kappa shape index (κ1) is 18.8. The van der Waals surface area contributed by atoms with Gasteiger partial charge in [-0.25, -0.2) is 4.39 Å². The van der Waals surface area contributed by atoms with Crippen molar-refractivity contribution in [2.75, 3.05) is 0 Å². The molecule has 0 N–H and O–H groups in total. The van der Waals surface area contributed by atoms with Crippen molar-refractivity contribution in [2.24, 2.45) is 0 Å². The monoisotopic (exact) mass is 460 g/mol. The van der Waals surface area contributed by atoms with E-state index < -0.39 is 11.1 Å². The molecule has 1 unspecified atom stereocenters. The highest BCUT2D eigenvalue weighted by Gasteiger charge is 2.25. The Balaban J connectivity index is 1.69. The predicted molar refractivity (Wildman–Crippen MR) is 107 cm³/mol. The lowest BCUT2D eigenvalue weighted by atomic mass is 10.2. The average Bonchev–Trinajstić information content (AvgIpc) is 3.37. The van der Waals surface area contributed by atoms with Crippen LogP contribution in [0, 0.1) is 5.82 Å². The van der Waals surface area contributed by atoms with Crippen LogP contribution in [0.5, 0.6) is 0 Å². The third-order valence-electron chi connectivity index (χ3n) is 4.12. The standard InChI is InChI=1S/C18H14BrFN6OS/c1-2-26-16(10-5-7-21-8-6-10)23-24-17(26)14(28)15-22-18(27-25-15)12-9-11(19)3-4-13(12)20/h3-9,14,28H,2H2,1H3. The Kier molecular flexibility index (Phi) is 5.23. The zero-order valence-corrected chi connectivity index (χ0v) is 17.1. The van der Waals surface area contributed by atoms with Crippen LogP contribution in [0.3, 0.4) is 0 Å². The molecule has 4 rings (SSSR count). The second-order valence-electron chi connectivity index (χ2n) is 5.85. The van der Waals surface area contributed by atoms with Gasteiger partial charge in [0, 0.05) is 29.0 Å². The molecular weight excluding hydrogens is 447 g/mol. The summed E-state index contributed by atoms with van der Waals surface area (Å²) in [5.74, 6) is 1.16. The molecule has 0 spiro atoms. The van der Waals surface area contributed by atoms with Crippen LogP contribution >= 0.6 is 28.6 Å². The first-order chi connectivity index (χ1) is 13.6. The minimum Gasteiger partial charge on any atom is -0.334 e. The smallest absolute Gasteiger partial charge is 0.260 e. The van der Waals surface area contributed by atoms with Gasteiger partial charge in [0.2, 0.25) is 0 Å². The minimum absolute atomic E-state index is 0.0739. The van der Waals surface area contributed by atoms with Gasteiger partial charge in [0.15, 0.2) is 17.5 Å². The lowest BCUT2D eigenvalue weighted by Gasteiger charge is -2.10. The third-order valence-corrected chi connectivity index (χ3v) is 5.08. The molecule has 0 bridgehead atoms. The summed E-state index contributed by atoms with van der Waals surface area (Å²) in [5, 5.41) is 11.9. The quantitative estimate of drug-likeness (QED) is 0.446. The number of benzene rings is 1. The molecule has 4 aromatic rings. The topological polar surface area (TPSA) is 82.5 Å². The number of hydrogen-bond donors (Lipinski definition) is 1. The molecule has 10 heteroatoms. The van der Waals surface area contributed by atoms with E-state index in [-0.39, 0.29) is 17.3 Å². The molecule has 0 saturated carbocycles. The van der Waals surface area contributed by atoms with Gasteiger partial charge in [0.1, 0.15) is 11.1 Å². The molecule has 0 aliphatic heterocycles. The number of hydrogen-bond acceptors (Lipinski definition) is 7. The summed E-state index contributed by atoms with van der Waals surface area (Å²) in [5.41, 5.74) is 1.10. The van der Waals surface area contributed by atoms with E-state index >= 15 is 0 Å². The normalized spacial score (nSPS) is 12.3. The van der Waals surface area contributed by atoms with E-state index in [1.54, 1.807) is 24.5 Å². The van der Waals surface area contributed by atoms with Crippen LogP contribution in [-0.4, -0.2) is 29.9 Å². The minimum atomic E-state index is -0.587. The summed E-state index contributed by atoms with van der Waals surface area (Å²) in [6.07, 6.45) is 3.39. The van der Waals surface area contributed by atoms with E-state index in [2.05, 4.69) is 53.9 Å². The van der Waals surface area contributed by atoms with Gasteiger partial charge in [0.25, 0.3) is 5.89 Å². The van der Waals surface area contributed by atoms with Crippen molar-refractivity contribution in [1.82, 2.24) is 29.9 Å². The van der Waals surface area contributed by atoms with Crippen molar-refractivity contribution in [3.63, 3.8) is 0 Å². The first-order valence-electron chi connectivity index (χ1n) is 8.39.